The summed E-state index contributed by atoms with van der Waals surface area (Å²) >= 11 is 3.48. The molecule has 1 amide bonds. The van der Waals surface area contributed by atoms with Crippen molar-refractivity contribution >= 4 is 21.8 Å². The average Bonchev–Trinajstić information content (AvgIpc) is 3.16. The van der Waals surface area contributed by atoms with E-state index in [-0.39, 0.29) is 12.5 Å². The third-order valence-corrected chi connectivity index (χ3v) is 4.20. The third kappa shape index (κ3) is 3.73. The van der Waals surface area contributed by atoms with Crippen molar-refractivity contribution in [2.45, 2.75) is 12.8 Å². The molecule has 0 saturated heterocycles. The molecule has 1 N–H and O–H groups in total. The summed E-state index contributed by atoms with van der Waals surface area (Å²) in [5.74, 6) is 0.672. The molecule has 3 nitrogen and oxygen atoms in total. The van der Waals surface area contributed by atoms with Crippen LogP contribution >= 0.6 is 15.9 Å². The number of carbonyl (C=O) groups excluding carboxylic acids is 1. The molecule has 0 spiro atoms. The van der Waals surface area contributed by atoms with Gasteiger partial charge < -0.3 is 10.1 Å². The van der Waals surface area contributed by atoms with Crippen LogP contribution in [0, 0.1) is 5.41 Å². The van der Waals surface area contributed by atoms with E-state index in [2.05, 4.69) is 21.2 Å². The largest absolute Gasteiger partial charge is 0.484 e. The van der Waals surface area contributed by atoms with Gasteiger partial charge in [0.15, 0.2) is 6.61 Å². The molecule has 0 unspecified atom stereocenters. The van der Waals surface area contributed by atoms with Crippen LogP contribution in [0.15, 0.2) is 30.3 Å². The number of hydrogen-bond acceptors (Lipinski definition) is 2. The number of hydrogen-bond donors (Lipinski definition) is 1. The normalized spacial score (nSPS) is 16.3. The second-order valence-electron chi connectivity index (χ2n) is 4.51. The van der Waals surface area contributed by atoms with E-state index >= 15 is 0 Å². The molecule has 4 heteroatoms. The van der Waals surface area contributed by atoms with Gasteiger partial charge in [0.25, 0.3) is 5.91 Å². The van der Waals surface area contributed by atoms with E-state index in [4.69, 9.17) is 4.74 Å². The Hall–Kier alpha value is -1.03. The van der Waals surface area contributed by atoms with E-state index in [1.165, 1.54) is 12.8 Å². The van der Waals surface area contributed by atoms with Gasteiger partial charge in [-0.2, -0.15) is 0 Å². The summed E-state index contributed by atoms with van der Waals surface area (Å²) in [4.78, 5) is 11.6. The number of nitrogens with one attached hydrogen (secondary N) is 1. The van der Waals surface area contributed by atoms with Gasteiger partial charge in [-0.05, 0) is 30.4 Å². The van der Waals surface area contributed by atoms with Crippen LogP contribution in [0.4, 0.5) is 0 Å². The molecular weight excluding hydrogens is 282 g/mol. The third-order valence-electron chi connectivity index (χ3n) is 3.01. The van der Waals surface area contributed by atoms with E-state index < -0.39 is 0 Å². The van der Waals surface area contributed by atoms with Gasteiger partial charge in [-0.3, -0.25) is 4.79 Å². The zero-order valence-corrected chi connectivity index (χ0v) is 11.2. The molecule has 0 heterocycles. The van der Waals surface area contributed by atoms with Crippen LogP contribution in [0.1, 0.15) is 12.8 Å². The standard InChI is InChI=1S/C13H16BrNO2/c14-9-13(6-7-13)10-15-12(16)8-17-11-4-2-1-3-5-11/h1-5H,6-10H2,(H,15,16). The molecular formula is C13H16BrNO2. The first-order valence-corrected chi connectivity index (χ1v) is 6.87. The number of carbonyl (C=O) groups is 1. The zero-order chi connectivity index (χ0) is 12.1. The van der Waals surface area contributed by atoms with Crippen LogP contribution in [0.25, 0.3) is 0 Å². The Kier molecular flexibility index (Phi) is 4.05. The fourth-order valence-electron chi connectivity index (χ4n) is 1.54. The smallest absolute Gasteiger partial charge is 0.257 e. The van der Waals surface area contributed by atoms with Crippen LogP contribution in [-0.2, 0) is 4.79 Å². The number of alkyl halides is 1. The SMILES string of the molecule is O=C(COc1ccccc1)NCC1(CBr)CC1. The maximum atomic E-state index is 11.6. The van der Waals surface area contributed by atoms with Gasteiger partial charge in [0.2, 0.25) is 0 Å². The summed E-state index contributed by atoms with van der Waals surface area (Å²) in [5.41, 5.74) is 0.308. The highest BCUT2D eigenvalue weighted by Crippen LogP contribution is 2.46. The van der Waals surface area contributed by atoms with Crippen molar-refractivity contribution in [1.29, 1.82) is 0 Å². The molecule has 2 rings (SSSR count). The minimum Gasteiger partial charge on any atom is -0.484 e. The first-order valence-electron chi connectivity index (χ1n) is 5.75. The van der Waals surface area contributed by atoms with Crippen molar-refractivity contribution in [3.63, 3.8) is 0 Å². The first-order chi connectivity index (χ1) is 8.24. The van der Waals surface area contributed by atoms with Crippen molar-refractivity contribution in [2.75, 3.05) is 18.5 Å². The molecule has 17 heavy (non-hydrogen) atoms. The number of amides is 1. The zero-order valence-electron chi connectivity index (χ0n) is 9.62. The molecule has 1 fully saturated rings. The number of rotatable bonds is 6. The Morgan fingerprint density at radius 3 is 2.65 bits per heavy atom. The molecule has 0 atom stereocenters. The Balaban J connectivity index is 1.68. The summed E-state index contributed by atoms with van der Waals surface area (Å²) in [7, 11) is 0. The summed E-state index contributed by atoms with van der Waals surface area (Å²) in [6, 6.07) is 9.37. The quantitative estimate of drug-likeness (QED) is 0.819. The van der Waals surface area contributed by atoms with Crippen LogP contribution in [0.3, 0.4) is 0 Å². The molecule has 1 saturated carbocycles. The fraction of sp³-hybridized carbons (Fsp3) is 0.462. The lowest BCUT2D eigenvalue weighted by atomic mass is 10.1. The van der Waals surface area contributed by atoms with E-state index in [1.54, 1.807) is 0 Å². The van der Waals surface area contributed by atoms with E-state index in [0.29, 0.717) is 5.41 Å². The van der Waals surface area contributed by atoms with Crippen LogP contribution in [0.5, 0.6) is 5.75 Å². The van der Waals surface area contributed by atoms with Gasteiger partial charge in [0.05, 0.1) is 0 Å². The van der Waals surface area contributed by atoms with Crippen molar-refractivity contribution < 1.29 is 9.53 Å². The lowest BCUT2D eigenvalue weighted by molar-refractivity contribution is -0.123. The van der Waals surface area contributed by atoms with Gasteiger partial charge in [-0.15, -0.1) is 0 Å². The summed E-state index contributed by atoms with van der Waals surface area (Å²) in [6.07, 6.45) is 2.39. The summed E-state index contributed by atoms with van der Waals surface area (Å²) < 4.78 is 5.36. The lowest BCUT2D eigenvalue weighted by Gasteiger charge is -2.12. The first kappa shape index (κ1) is 12.4. The minimum atomic E-state index is -0.0546. The predicted octanol–water partition coefficient (Wildman–Crippen LogP) is 2.36. The Morgan fingerprint density at radius 1 is 1.35 bits per heavy atom. The maximum Gasteiger partial charge on any atom is 0.257 e. The van der Waals surface area contributed by atoms with Crippen molar-refractivity contribution in [1.82, 2.24) is 5.32 Å². The van der Waals surface area contributed by atoms with Gasteiger partial charge >= 0.3 is 0 Å². The highest BCUT2D eigenvalue weighted by Gasteiger charge is 2.41. The summed E-state index contributed by atoms with van der Waals surface area (Å²) in [5, 5.41) is 3.87. The molecule has 0 radical (unpaired) electrons. The lowest BCUT2D eigenvalue weighted by Crippen LogP contribution is -2.34. The summed E-state index contributed by atoms with van der Waals surface area (Å²) in [6.45, 7) is 0.831. The molecule has 0 aliphatic heterocycles. The van der Waals surface area contributed by atoms with Crippen LogP contribution in [0.2, 0.25) is 0 Å². The minimum absolute atomic E-state index is 0.0546. The molecule has 1 aromatic rings. The molecule has 92 valence electrons. The number of ether oxygens (including phenoxy) is 1. The Labute approximate surface area is 110 Å². The second kappa shape index (κ2) is 5.54. The Morgan fingerprint density at radius 2 is 2.06 bits per heavy atom. The fourth-order valence-corrected chi connectivity index (χ4v) is 2.30. The molecule has 1 aliphatic rings. The number of benzene rings is 1. The van der Waals surface area contributed by atoms with Crippen molar-refractivity contribution in [3.05, 3.63) is 30.3 Å². The molecule has 1 aromatic carbocycles. The van der Waals surface area contributed by atoms with Gasteiger partial charge in [0.1, 0.15) is 5.75 Å². The second-order valence-corrected chi connectivity index (χ2v) is 5.07. The molecule has 1 aliphatic carbocycles. The topological polar surface area (TPSA) is 38.3 Å². The van der Waals surface area contributed by atoms with Crippen molar-refractivity contribution in [2.24, 2.45) is 5.41 Å². The van der Waals surface area contributed by atoms with Gasteiger partial charge in [-0.1, -0.05) is 34.1 Å². The molecule has 0 bridgehead atoms. The van der Waals surface area contributed by atoms with Crippen LogP contribution in [-0.4, -0.2) is 24.4 Å². The number of para-hydroxylation sites is 1. The van der Waals surface area contributed by atoms with Gasteiger partial charge in [0, 0.05) is 11.9 Å². The average molecular weight is 298 g/mol. The monoisotopic (exact) mass is 297 g/mol. The van der Waals surface area contributed by atoms with E-state index in [9.17, 15) is 4.79 Å². The van der Waals surface area contributed by atoms with Gasteiger partial charge in [-0.25, -0.2) is 0 Å². The predicted molar refractivity (Wildman–Crippen MR) is 70.4 cm³/mol. The Bertz CT molecular complexity index is 376. The van der Waals surface area contributed by atoms with Crippen molar-refractivity contribution in [3.8, 4) is 5.75 Å². The highest BCUT2D eigenvalue weighted by molar-refractivity contribution is 9.09. The maximum absolute atomic E-state index is 11.6. The van der Waals surface area contributed by atoms with E-state index in [0.717, 1.165) is 17.6 Å². The number of halogens is 1. The van der Waals surface area contributed by atoms with Crippen LogP contribution < -0.4 is 10.1 Å². The van der Waals surface area contributed by atoms with E-state index in [1.807, 2.05) is 30.3 Å². The highest BCUT2D eigenvalue weighted by atomic mass is 79.9. The molecule has 0 aromatic heterocycles.